The van der Waals surface area contributed by atoms with Gasteiger partial charge in [-0.3, -0.25) is 9.59 Å². The van der Waals surface area contributed by atoms with E-state index in [9.17, 15) is 35.2 Å². The molecule has 1 atom stereocenters. The molecule has 1 unspecified atom stereocenters. The number of sulfonamides is 2. The van der Waals surface area contributed by atoms with Gasteiger partial charge in [0.2, 0.25) is 26.0 Å². The van der Waals surface area contributed by atoms with E-state index in [0.29, 0.717) is 5.56 Å². The molecule has 9 nitrogen and oxygen atoms in total. The number of anilines is 1. The number of imide groups is 1. The van der Waals surface area contributed by atoms with E-state index in [-0.39, 0.29) is 22.0 Å². The monoisotopic (exact) mass is 535 g/mol. The smallest absolute Gasteiger partial charge is 0.252 e. The van der Waals surface area contributed by atoms with Crippen molar-refractivity contribution in [1.29, 1.82) is 0 Å². The fraction of sp³-hybridized carbons (Fsp3) is 0.130. The zero-order valence-electron chi connectivity index (χ0n) is 18.4. The van der Waals surface area contributed by atoms with Gasteiger partial charge in [0, 0.05) is 6.54 Å². The summed E-state index contributed by atoms with van der Waals surface area (Å²) in [6.07, 6.45) is -0.503. The summed E-state index contributed by atoms with van der Waals surface area (Å²) < 4.78 is 77.7. The highest BCUT2D eigenvalue weighted by atomic mass is 32.2. The number of rotatable bonds is 7. The van der Waals surface area contributed by atoms with Crippen molar-refractivity contribution in [2.75, 3.05) is 4.90 Å². The number of halogens is 2. The molecule has 0 saturated carbocycles. The Morgan fingerprint density at radius 3 is 1.83 bits per heavy atom. The average Bonchev–Trinajstić information content (AvgIpc) is 3.11. The Hall–Kier alpha value is -3.52. The van der Waals surface area contributed by atoms with Crippen molar-refractivity contribution >= 4 is 37.5 Å². The van der Waals surface area contributed by atoms with Crippen LogP contribution in [0.3, 0.4) is 0 Å². The lowest BCUT2D eigenvalue weighted by molar-refractivity contribution is -0.122. The second-order valence-corrected chi connectivity index (χ2v) is 11.4. The molecular weight excluding hydrogens is 516 g/mol. The molecule has 3 aromatic rings. The normalized spacial score (nSPS) is 16.7. The van der Waals surface area contributed by atoms with Gasteiger partial charge in [0.15, 0.2) is 0 Å². The standard InChI is InChI=1S/C23H19F2N3O6S2/c24-16-3-1-15(2-4-16)14-27(36(33,34)20-9-5-17(25)6-10-20)21-13-22(29)28(23(21)30)18-7-11-19(12-8-18)35(26,31)32/h1-12,21H,13-14H2,(H2,26,31,32). The third-order valence-electron chi connectivity index (χ3n) is 5.57. The van der Waals surface area contributed by atoms with E-state index in [1.54, 1.807) is 0 Å². The minimum Gasteiger partial charge on any atom is -0.274 e. The molecule has 1 aliphatic heterocycles. The Morgan fingerprint density at radius 1 is 0.806 bits per heavy atom. The molecule has 0 bridgehead atoms. The van der Waals surface area contributed by atoms with E-state index in [4.69, 9.17) is 5.14 Å². The molecule has 0 aromatic heterocycles. The van der Waals surface area contributed by atoms with Crippen molar-refractivity contribution in [2.45, 2.75) is 28.8 Å². The molecule has 1 saturated heterocycles. The van der Waals surface area contributed by atoms with Crippen molar-refractivity contribution < 1.29 is 35.2 Å². The van der Waals surface area contributed by atoms with Crippen LogP contribution in [0.25, 0.3) is 0 Å². The summed E-state index contributed by atoms with van der Waals surface area (Å²) >= 11 is 0. The van der Waals surface area contributed by atoms with Crippen molar-refractivity contribution in [3.8, 4) is 0 Å². The number of benzene rings is 3. The Labute approximate surface area is 205 Å². The predicted molar refractivity (Wildman–Crippen MR) is 124 cm³/mol. The second-order valence-electron chi connectivity index (χ2n) is 7.96. The highest BCUT2D eigenvalue weighted by Gasteiger charge is 2.47. The summed E-state index contributed by atoms with van der Waals surface area (Å²) in [5.41, 5.74) is 0.374. The summed E-state index contributed by atoms with van der Waals surface area (Å²) in [6, 6.07) is 12.1. The molecular formula is C23H19F2N3O6S2. The predicted octanol–water partition coefficient (Wildman–Crippen LogP) is 2.14. The molecule has 1 heterocycles. The summed E-state index contributed by atoms with van der Waals surface area (Å²) in [5.74, 6) is -2.80. The first-order chi connectivity index (χ1) is 16.9. The SMILES string of the molecule is NS(=O)(=O)c1ccc(N2C(=O)CC(N(Cc3ccc(F)cc3)S(=O)(=O)c3ccc(F)cc3)C2=O)cc1. The fourth-order valence-electron chi connectivity index (χ4n) is 3.77. The minimum atomic E-state index is -4.42. The summed E-state index contributed by atoms with van der Waals surface area (Å²) in [5, 5.41) is 5.08. The molecule has 1 fully saturated rings. The topological polar surface area (TPSA) is 135 Å². The van der Waals surface area contributed by atoms with E-state index in [2.05, 4.69) is 0 Å². The van der Waals surface area contributed by atoms with Crippen LogP contribution in [0.5, 0.6) is 0 Å². The van der Waals surface area contributed by atoms with Gasteiger partial charge in [0.1, 0.15) is 17.7 Å². The molecule has 3 aromatic carbocycles. The van der Waals surface area contributed by atoms with Gasteiger partial charge >= 0.3 is 0 Å². The van der Waals surface area contributed by atoms with E-state index in [1.807, 2.05) is 0 Å². The Bertz CT molecular complexity index is 1530. The van der Waals surface area contributed by atoms with E-state index in [0.717, 1.165) is 57.7 Å². The van der Waals surface area contributed by atoms with E-state index in [1.165, 1.54) is 24.3 Å². The number of carbonyl (C=O) groups excluding carboxylic acids is 2. The zero-order valence-corrected chi connectivity index (χ0v) is 20.0. The van der Waals surface area contributed by atoms with Gasteiger partial charge in [-0.25, -0.2) is 35.7 Å². The van der Waals surface area contributed by atoms with Crippen molar-refractivity contribution in [3.05, 3.63) is 90.0 Å². The summed E-state index contributed by atoms with van der Waals surface area (Å²) in [7, 11) is -8.43. The lowest BCUT2D eigenvalue weighted by Gasteiger charge is -2.27. The average molecular weight is 536 g/mol. The molecule has 0 radical (unpaired) electrons. The Kier molecular flexibility index (Phi) is 6.75. The molecule has 188 valence electrons. The van der Waals surface area contributed by atoms with Crippen LogP contribution in [0, 0.1) is 11.6 Å². The zero-order chi connectivity index (χ0) is 26.3. The molecule has 2 N–H and O–H groups in total. The maximum Gasteiger partial charge on any atom is 0.252 e. The van der Waals surface area contributed by atoms with Crippen LogP contribution in [0.4, 0.5) is 14.5 Å². The molecule has 1 aliphatic rings. The van der Waals surface area contributed by atoms with Crippen molar-refractivity contribution in [1.82, 2.24) is 4.31 Å². The van der Waals surface area contributed by atoms with Crippen LogP contribution >= 0.6 is 0 Å². The highest BCUT2D eigenvalue weighted by Crippen LogP contribution is 2.31. The van der Waals surface area contributed by atoms with E-state index < -0.39 is 56.0 Å². The van der Waals surface area contributed by atoms with Gasteiger partial charge in [-0.2, -0.15) is 4.31 Å². The van der Waals surface area contributed by atoms with Crippen LogP contribution < -0.4 is 10.0 Å². The van der Waals surface area contributed by atoms with Crippen LogP contribution in [-0.4, -0.2) is 39.0 Å². The molecule has 36 heavy (non-hydrogen) atoms. The highest BCUT2D eigenvalue weighted by molar-refractivity contribution is 7.89. The lowest BCUT2D eigenvalue weighted by Crippen LogP contribution is -2.45. The summed E-state index contributed by atoms with van der Waals surface area (Å²) in [6.45, 7) is -0.373. The number of nitrogens with zero attached hydrogens (tertiary/aromatic N) is 2. The van der Waals surface area contributed by atoms with Gasteiger partial charge in [-0.05, 0) is 66.2 Å². The maximum absolute atomic E-state index is 13.5. The first-order valence-electron chi connectivity index (χ1n) is 10.4. The number of amides is 2. The molecule has 0 aliphatic carbocycles. The molecule has 13 heteroatoms. The molecule has 0 spiro atoms. The van der Waals surface area contributed by atoms with Crippen molar-refractivity contribution in [3.63, 3.8) is 0 Å². The Morgan fingerprint density at radius 2 is 1.31 bits per heavy atom. The summed E-state index contributed by atoms with van der Waals surface area (Å²) in [4.78, 5) is 26.4. The van der Waals surface area contributed by atoms with Gasteiger partial charge in [-0.1, -0.05) is 12.1 Å². The largest absolute Gasteiger partial charge is 0.274 e. The molecule has 2 amide bonds. The van der Waals surface area contributed by atoms with Crippen LogP contribution in [0.15, 0.2) is 82.6 Å². The first-order valence-corrected chi connectivity index (χ1v) is 13.4. The molecule has 4 rings (SSSR count). The van der Waals surface area contributed by atoms with Gasteiger partial charge in [0.25, 0.3) is 5.91 Å². The number of primary sulfonamides is 1. The van der Waals surface area contributed by atoms with Crippen molar-refractivity contribution in [2.24, 2.45) is 5.14 Å². The third-order valence-corrected chi connectivity index (χ3v) is 8.36. The number of hydrogen-bond donors (Lipinski definition) is 1. The number of carbonyl (C=O) groups is 2. The van der Waals surface area contributed by atoms with Crippen LogP contribution in [0.1, 0.15) is 12.0 Å². The number of nitrogens with two attached hydrogens (primary N) is 1. The van der Waals surface area contributed by atoms with Gasteiger partial charge < -0.3 is 0 Å². The van der Waals surface area contributed by atoms with E-state index >= 15 is 0 Å². The van der Waals surface area contributed by atoms with Gasteiger partial charge in [-0.15, -0.1) is 0 Å². The second kappa shape index (κ2) is 9.50. The fourth-order valence-corrected chi connectivity index (χ4v) is 5.86. The Balaban J connectivity index is 1.73. The first kappa shape index (κ1) is 25.6. The maximum atomic E-state index is 13.5. The third kappa shape index (κ3) is 5.04. The lowest BCUT2D eigenvalue weighted by atomic mass is 10.2. The number of hydrogen-bond acceptors (Lipinski definition) is 6. The van der Waals surface area contributed by atoms with Crippen LogP contribution in [0.2, 0.25) is 0 Å². The van der Waals surface area contributed by atoms with Crippen LogP contribution in [-0.2, 0) is 36.2 Å². The quantitative estimate of drug-likeness (QED) is 0.461. The minimum absolute atomic E-state index is 0.0285. The van der Waals surface area contributed by atoms with Gasteiger partial charge in [0.05, 0.1) is 21.9 Å².